The third kappa shape index (κ3) is 3.36. The number of nitrogens with two attached hydrogens (primary N) is 1. The normalized spacial score (nSPS) is 12.2. The first-order valence-corrected chi connectivity index (χ1v) is 5.13. The molecule has 0 spiro atoms. The molecule has 0 amide bonds. The van der Waals surface area contributed by atoms with Gasteiger partial charge in [0.25, 0.3) is 0 Å². The van der Waals surface area contributed by atoms with Gasteiger partial charge in [-0.15, -0.1) is 0 Å². The minimum Gasteiger partial charge on any atom is -0.493 e. The fourth-order valence-corrected chi connectivity index (χ4v) is 1.53. The second kappa shape index (κ2) is 6.30. The van der Waals surface area contributed by atoms with Crippen molar-refractivity contribution in [2.75, 3.05) is 39.3 Å². The van der Waals surface area contributed by atoms with E-state index in [-0.39, 0.29) is 6.04 Å². The Balaban J connectivity index is 2.68. The van der Waals surface area contributed by atoms with Crippen LogP contribution in [0.5, 0.6) is 5.75 Å². The number of rotatable bonds is 6. The molecule has 1 unspecified atom stereocenters. The molecule has 1 aromatic rings. The van der Waals surface area contributed by atoms with Crippen LogP contribution in [0.4, 0.5) is 5.82 Å². The summed E-state index contributed by atoms with van der Waals surface area (Å²) in [5, 5.41) is 0. The molecule has 16 heavy (non-hydrogen) atoms. The molecule has 1 aromatic heterocycles. The Kier molecular flexibility index (Phi) is 5.01. The van der Waals surface area contributed by atoms with Gasteiger partial charge in [-0.05, 0) is 12.1 Å². The number of hydrogen-bond donors (Lipinski definition) is 1. The number of aromatic nitrogens is 1. The van der Waals surface area contributed by atoms with Crippen molar-refractivity contribution in [1.82, 2.24) is 4.98 Å². The number of methoxy groups -OCH3 is 2. The van der Waals surface area contributed by atoms with Gasteiger partial charge in [0.1, 0.15) is 0 Å². The van der Waals surface area contributed by atoms with Crippen LogP contribution >= 0.6 is 0 Å². The lowest BCUT2D eigenvalue weighted by molar-refractivity contribution is 0.181. The minimum absolute atomic E-state index is 0.0401. The molecule has 0 fully saturated rings. The average molecular weight is 225 g/mol. The predicted octanol–water partition coefficient (Wildman–Crippen LogP) is 0.500. The van der Waals surface area contributed by atoms with Crippen LogP contribution in [0.1, 0.15) is 0 Å². The van der Waals surface area contributed by atoms with Gasteiger partial charge >= 0.3 is 0 Å². The van der Waals surface area contributed by atoms with Crippen molar-refractivity contribution < 1.29 is 9.47 Å². The quantitative estimate of drug-likeness (QED) is 0.764. The van der Waals surface area contributed by atoms with E-state index in [1.807, 2.05) is 24.1 Å². The van der Waals surface area contributed by atoms with Gasteiger partial charge in [-0.25, -0.2) is 4.98 Å². The van der Waals surface area contributed by atoms with Gasteiger partial charge < -0.3 is 20.1 Å². The van der Waals surface area contributed by atoms with E-state index in [2.05, 4.69) is 4.98 Å². The first kappa shape index (κ1) is 12.7. The zero-order valence-electron chi connectivity index (χ0n) is 10.0. The fraction of sp³-hybridized carbons (Fsp3) is 0.545. The van der Waals surface area contributed by atoms with Crippen LogP contribution < -0.4 is 15.4 Å². The van der Waals surface area contributed by atoms with E-state index < -0.39 is 0 Å². The first-order chi connectivity index (χ1) is 7.69. The van der Waals surface area contributed by atoms with Crippen LogP contribution in [0.15, 0.2) is 18.3 Å². The van der Waals surface area contributed by atoms with E-state index in [0.717, 1.165) is 11.6 Å². The average Bonchev–Trinajstić information content (AvgIpc) is 2.29. The van der Waals surface area contributed by atoms with Crippen molar-refractivity contribution in [2.24, 2.45) is 5.73 Å². The van der Waals surface area contributed by atoms with Gasteiger partial charge in [0.2, 0.25) is 0 Å². The Bertz CT molecular complexity index is 320. The molecule has 0 radical (unpaired) electrons. The number of hydrogen-bond acceptors (Lipinski definition) is 5. The summed E-state index contributed by atoms with van der Waals surface area (Å²) in [5.41, 5.74) is 5.88. The number of nitrogens with zero attached hydrogens (tertiary/aromatic N) is 2. The molecule has 0 aliphatic heterocycles. The fourth-order valence-electron chi connectivity index (χ4n) is 1.53. The maximum atomic E-state index is 5.88. The molecule has 5 heteroatoms. The topological polar surface area (TPSA) is 60.6 Å². The van der Waals surface area contributed by atoms with Crippen molar-refractivity contribution in [2.45, 2.75) is 6.04 Å². The Morgan fingerprint density at radius 1 is 1.50 bits per heavy atom. The summed E-state index contributed by atoms with van der Waals surface area (Å²) in [6.45, 7) is 1.20. The Labute approximate surface area is 96.2 Å². The molecule has 0 saturated carbocycles. The number of ether oxygens (including phenoxy) is 2. The highest BCUT2D eigenvalue weighted by atomic mass is 16.5. The van der Waals surface area contributed by atoms with Crippen LogP contribution in [0.2, 0.25) is 0 Å². The minimum atomic E-state index is -0.0401. The van der Waals surface area contributed by atoms with E-state index in [4.69, 9.17) is 15.2 Å². The third-order valence-electron chi connectivity index (χ3n) is 2.22. The maximum absolute atomic E-state index is 5.88. The molecule has 90 valence electrons. The van der Waals surface area contributed by atoms with Gasteiger partial charge in [-0.3, -0.25) is 0 Å². The lowest BCUT2D eigenvalue weighted by Gasteiger charge is -2.23. The lowest BCUT2D eigenvalue weighted by Crippen LogP contribution is -2.38. The van der Waals surface area contributed by atoms with Crippen molar-refractivity contribution >= 4 is 5.82 Å². The molecule has 0 aliphatic carbocycles. The monoisotopic (exact) mass is 225 g/mol. The van der Waals surface area contributed by atoms with Crippen LogP contribution in [0.3, 0.4) is 0 Å². The smallest absolute Gasteiger partial charge is 0.171 e. The van der Waals surface area contributed by atoms with E-state index >= 15 is 0 Å². The van der Waals surface area contributed by atoms with Crippen LogP contribution in [-0.2, 0) is 4.74 Å². The maximum Gasteiger partial charge on any atom is 0.171 e. The SMILES string of the molecule is COCC(N)CN(C)c1ncccc1OC. The molecule has 0 saturated heterocycles. The third-order valence-corrected chi connectivity index (χ3v) is 2.22. The van der Waals surface area contributed by atoms with Gasteiger partial charge in [-0.1, -0.05) is 0 Å². The largest absolute Gasteiger partial charge is 0.493 e. The molecule has 2 N–H and O–H groups in total. The Morgan fingerprint density at radius 2 is 2.25 bits per heavy atom. The number of likely N-dealkylation sites (N-methyl/N-ethyl adjacent to an activating group) is 1. The molecule has 5 nitrogen and oxygen atoms in total. The molecule has 1 rings (SSSR count). The van der Waals surface area contributed by atoms with Crippen molar-refractivity contribution in [1.29, 1.82) is 0 Å². The summed E-state index contributed by atoms with van der Waals surface area (Å²) >= 11 is 0. The summed E-state index contributed by atoms with van der Waals surface area (Å²) < 4.78 is 10.2. The van der Waals surface area contributed by atoms with Gasteiger partial charge in [0, 0.05) is 32.9 Å². The van der Waals surface area contributed by atoms with Gasteiger partial charge in [0.05, 0.1) is 13.7 Å². The van der Waals surface area contributed by atoms with E-state index in [0.29, 0.717) is 13.2 Å². The van der Waals surface area contributed by atoms with Crippen molar-refractivity contribution in [3.63, 3.8) is 0 Å². The van der Waals surface area contributed by atoms with Crippen molar-refractivity contribution in [3.8, 4) is 5.75 Å². The Morgan fingerprint density at radius 3 is 2.88 bits per heavy atom. The number of anilines is 1. The zero-order valence-corrected chi connectivity index (χ0v) is 10.0. The summed E-state index contributed by atoms with van der Waals surface area (Å²) in [6, 6.07) is 3.67. The molecular formula is C11H19N3O2. The standard InChI is InChI=1S/C11H19N3O2/c1-14(7-9(12)8-15-2)11-10(16-3)5-4-6-13-11/h4-6,9H,7-8,12H2,1-3H3. The van der Waals surface area contributed by atoms with E-state index in [9.17, 15) is 0 Å². The molecular weight excluding hydrogens is 206 g/mol. The van der Waals surface area contributed by atoms with Crippen LogP contribution in [0.25, 0.3) is 0 Å². The summed E-state index contributed by atoms with van der Waals surface area (Å²) in [6.07, 6.45) is 1.73. The Hall–Kier alpha value is -1.33. The highest BCUT2D eigenvalue weighted by Gasteiger charge is 2.12. The zero-order chi connectivity index (χ0) is 12.0. The molecule has 1 heterocycles. The highest BCUT2D eigenvalue weighted by Crippen LogP contribution is 2.23. The highest BCUT2D eigenvalue weighted by molar-refractivity contribution is 5.51. The molecule has 0 aromatic carbocycles. The van der Waals surface area contributed by atoms with Gasteiger partial charge in [-0.2, -0.15) is 0 Å². The van der Waals surface area contributed by atoms with Crippen molar-refractivity contribution in [3.05, 3.63) is 18.3 Å². The molecule has 1 atom stereocenters. The molecule has 0 bridgehead atoms. The number of pyridine rings is 1. The van der Waals surface area contributed by atoms with Crippen LogP contribution in [-0.4, -0.2) is 45.4 Å². The second-order valence-electron chi connectivity index (χ2n) is 3.63. The predicted molar refractivity (Wildman–Crippen MR) is 63.9 cm³/mol. The first-order valence-electron chi connectivity index (χ1n) is 5.13. The van der Waals surface area contributed by atoms with E-state index in [1.54, 1.807) is 20.4 Å². The summed E-state index contributed by atoms with van der Waals surface area (Å²) in [5.74, 6) is 1.53. The molecule has 0 aliphatic rings. The summed E-state index contributed by atoms with van der Waals surface area (Å²) in [4.78, 5) is 6.23. The van der Waals surface area contributed by atoms with Gasteiger partial charge in [0.15, 0.2) is 11.6 Å². The second-order valence-corrected chi connectivity index (χ2v) is 3.63. The van der Waals surface area contributed by atoms with Crippen LogP contribution in [0, 0.1) is 0 Å². The lowest BCUT2D eigenvalue weighted by atomic mass is 10.3. The summed E-state index contributed by atoms with van der Waals surface area (Å²) in [7, 11) is 5.20. The van der Waals surface area contributed by atoms with E-state index in [1.165, 1.54) is 0 Å².